The Kier molecular flexibility index (Phi) is 5.06. The summed E-state index contributed by atoms with van der Waals surface area (Å²) >= 11 is 0. The molecule has 0 radical (unpaired) electrons. The third-order valence-electron chi connectivity index (χ3n) is 3.92. The van der Waals surface area contributed by atoms with Crippen LogP contribution in [0.2, 0.25) is 0 Å². The van der Waals surface area contributed by atoms with Gasteiger partial charge in [0, 0.05) is 25.5 Å². The van der Waals surface area contributed by atoms with E-state index in [0.717, 1.165) is 11.8 Å². The van der Waals surface area contributed by atoms with E-state index in [2.05, 4.69) is 4.98 Å². The van der Waals surface area contributed by atoms with Crippen LogP contribution in [0.15, 0.2) is 59.9 Å². The maximum atomic E-state index is 13.0. The number of aliphatic hydroxyl groups is 1. The molecule has 7 nitrogen and oxygen atoms in total. The number of aliphatic hydroxyl groups excluding tert-OH is 1. The van der Waals surface area contributed by atoms with Crippen molar-refractivity contribution in [1.29, 1.82) is 0 Å². The third kappa shape index (κ3) is 3.61. The van der Waals surface area contributed by atoms with Crippen molar-refractivity contribution in [1.82, 2.24) is 14.3 Å². The van der Waals surface area contributed by atoms with E-state index in [0.29, 0.717) is 12.1 Å². The van der Waals surface area contributed by atoms with E-state index in [1.54, 1.807) is 24.4 Å². The summed E-state index contributed by atoms with van der Waals surface area (Å²) in [7, 11) is -3.61. The van der Waals surface area contributed by atoms with Gasteiger partial charge in [0.05, 0.1) is 12.1 Å². The first-order chi connectivity index (χ1) is 12.4. The number of nitrogens with zero attached hydrogens (tertiary/aromatic N) is 3. The average Bonchev–Trinajstić information content (AvgIpc) is 3.02. The smallest absolute Gasteiger partial charge is 0.275 e. The van der Waals surface area contributed by atoms with Gasteiger partial charge in [0.25, 0.3) is 5.91 Å². The number of rotatable bonds is 6. The van der Waals surface area contributed by atoms with Crippen molar-refractivity contribution in [3.63, 3.8) is 0 Å². The van der Waals surface area contributed by atoms with Gasteiger partial charge in [-0.05, 0) is 17.7 Å². The minimum absolute atomic E-state index is 0.0513. The number of aromatic nitrogens is 2. The molecule has 3 rings (SSSR count). The van der Waals surface area contributed by atoms with Crippen LogP contribution in [0.5, 0.6) is 0 Å². The number of fused-ring (bicyclic) bond motifs is 1. The van der Waals surface area contributed by atoms with Crippen molar-refractivity contribution in [2.75, 3.05) is 19.4 Å². The van der Waals surface area contributed by atoms with E-state index in [1.807, 2.05) is 30.3 Å². The lowest BCUT2D eigenvalue weighted by Crippen LogP contribution is -2.33. The van der Waals surface area contributed by atoms with Gasteiger partial charge in [0.2, 0.25) is 15.0 Å². The Hall–Kier alpha value is -2.71. The molecule has 2 aromatic heterocycles. The number of imidazole rings is 1. The molecule has 0 aliphatic heterocycles. The highest BCUT2D eigenvalue weighted by Gasteiger charge is 2.26. The molecule has 8 heteroatoms. The van der Waals surface area contributed by atoms with E-state index < -0.39 is 15.7 Å². The molecule has 0 atom stereocenters. The normalized spacial score (nSPS) is 11.6. The maximum Gasteiger partial charge on any atom is 0.275 e. The first-order valence-electron chi connectivity index (χ1n) is 8.03. The summed E-state index contributed by atoms with van der Waals surface area (Å²) in [6.07, 6.45) is 2.61. The second-order valence-corrected chi connectivity index (χ2v) is 7.82. The summed E-state index contributed by atoms with van der Waals surface area (Å²) in [5, 5.41) is 9.16. The summed E-state index contributed by atoms with van der Waals surface area (Å²) in [6, 6.07) is 14.4. The highest BCUT2D eigenvalue weighted by molar-refractivity contribution is 7.90. The van der Waals surface area contributed by atoms with E-state index in [9.17, 15) is 18.3 Å². The Balaban J connectivity index is 2.05. The second kappa shape index (κ2) is 7.27. The van der Waals surface area contributed by atoms with Gasteiger partial charge in [-0.3, -0.25) is 9.20 Å². The Morgan fingerprint density at radius 1 is 1.15 bits per heavy atom. The molecule has 0 saturated carbocycles. The Labute approximate surface area is 151 Å². The Morgan fingerprint density at radius 3 is 2.50 bits per heavy atom. The van der Waals surface area contributed by atoms with Crippen LogP contribution >= 0.6 is 0 Å². The van der Waals surface area contributed by atoms with E-state index in [-0.39, 0.29) is 24.0 Å². The second-order valence-electron chi connectivity index (χ2n) is 5.91. The molecule has 1 N–H and O–H groups in total. The maximum absolute atomic E-state index is 13.0. The Morgan fingerprint density at radius 2 is 1.85 bits per heavy atom. The molecular formula is C18H19N3O4S. The molecule has 0 fully saturated rings. The van der Waals surface area contributed by atoms with Gasteiger partial charge in [-0.1, -0.05) is 36.4 Å². The van der Waals surface area contributed by atoms with Crippen LogP contribution in [0.25, 0.3) is 5.52 Å². The highest BCUT2D eigenvalue weighted by Crippen LogP contribution is 2.19. The molecule has 0 unspecified atom stereocenters. The highest BCUT2D eigenvalue weighted by atomic mass is 32.2. The van der Waals surface area contributed by atoms with Crippen molar-refractivity contribution in [2.24, 2.45) is 0 Å². The van der Waals surface area contributed by atoms with E-state index in [4.69, 9.17) is 0 Å². The van der Waals surface area contributed by atoms with Crippen LogP contribution in [0.3, 0.4) is 0 Å². The van der Waals surface area contributed by atoms with Gasteiger partial charge in [0.15, 0.2) is 5.69 Å². The predicted octanol–water partition coefficient (Wildman–Crippen LogP) is 1.37. The summed E-state index contributed by atoms with van der Waals surface area (Å²) in [6.45, 7) is 0.206. The molecule has 136 valence electrons. The van der Waals surface area contributed by atoms with Gasteiger partial charge >= 0.3 is 0 Å². The number of hydrogen-bond donors (Lipinski definition) is 1. The minimum atomic E-state index is -3.61. The van der Waals surface area contributed by atoms with Crippen LogP contribution < -0.4 is 0 Å². The molecule has 3 aromatic rings. The number of hydrogen-bond acceptors (Lipinski definition) is 5. The topological polar surface area (TPSA) is 92.0 Å². The third-order valence-corrected chi connectivity index (χ3v) is 4.87. The summed E-state index contributed by atoms with van der Waals surface area (Å²) in [4.78, 5) is 18.6. The van der Waals surface area contributed by atoms with Gasteiger partial charge in [0.1, 0.15) is 0 Å². The number of pyridine rings is 1. The van der Waals surface area contributed by atoms with Gasteiger partial charge < -0.3 is 10.0 Å². The standard InChI is InChI=1S/C18H19N3O4S/c1-26(24,25)18-19-16(15-9-5-6-10-21(15)18)17(23)20(11-12-22)13-14-7-3-2-4-8-14/h2-10,22H,11-13H2,1H3. The SMILES string of the molecule is CS(=O)(=O)c1nc(C(=O)N(CCO)Cc2ccccc2)c2ccccn12. The zero-order valence-corrected chi connectivity index (χ0v) is 15.1. The van der Waals surface area contributed by atoms with Crippen molar-refractivity contribution in [3.05, 3.63) is 66.0 Å². The zero-order chi connectivity index (χ0) is 18.7. The molecule has 1 amide bonds. The fourth-order valence-electron chi connectivity index (χ4n) is 2.76. The average molecular weight is 373 g/mol. The van der Waals surface area contributed by atoms with Crippen LogP contribution in [0, 0.1) is 0 Å². The monoisotopic (exact) mass is 373 g/mol. The molecule has 0 aliphatic rings. The molecule has 2 heterocycles. The van der Waals surface area contributed by atoms with Crippen molar-refractivity contribution in [3.8, 4) is 0 Å². The fraction of sp³-hybridized carbons (Fsp3) is 0.222. The Bertz CT molecular complexity index is 1030. The van der Waals surface area contributed by atoms with Crippen LogP contribution in [0.1, 0.15) is 16.1 Å². The molecule has 26 heavy (non-hydrogen) atoms. The zero-order valence-electron chi connectivity index (χ0n) is 14.2. The molecule has 0 bridgehead atoms. The first kappa shape index (κ1) is 18.1. The van der Waals surface area contributed by atoms with Crippen LogP contribution in [-0.2, 0) is 16.4 Å². The lowest BCUT2D eigenvalue weighted by atomic mass is 10.2. The summed E-state index contributed by atoms with van der Waals surface area (Å²) < 4.78 is 25.4. The van der Waals surface area contributed by atoms with Gasteiger partial charge in [-0.15, -0.1) is 0 Å². The molecular weight excluding hydrogens is 354 g/mol. The number of sulfone groups is 1. The number of carbonyl (C=O) groups excluding carboxylic acids is 1. The predicted molar refractivity (Wildman–Crippen MR) is 96.6 cm³/mol. The quantitative estimate of drug-likeness (QED) is 0.705. The van der Waals surface area contributed by atoms with Gasteiger partial charge in [-0.2, -0.15) is 0 Å². The summed E-state index contributed by atoms with van der Waals surface area (Å²) in [5.41, 5.74) is 1.37. The first-order valence-corrected chi connectivity index (χ1v) is 9.92. The lowest BCUT2D eigenvalue weighted by Gasteiger charge is -2.21. The molecule has 0 aliphatic carbocycles. The summed E-state index contributed by atoms with van der Waals surface area (Å²) in [5.74, 6) is -0.429. The molecule has 1 aromatic carbocycles. The molecule has 0 saturated heterocycles. The van der Waals surface area contributed by atoms with Gasteiger partial charge in [-0.25, -0.2) is 13.4 Å². The van der Waals surface area contributed by atoms with Crippen molar-refractivity contribution >= 4 is 21.3 Å². The number of benzene rings is 1. The number of amides is 1. The molecule has 0 spiro atoms. The lowest BCUT2D eigenvalue weighted by molar-refractivity contribution is 0.0704. The van der Waals surface area contributed by atoms with E-state index >= 15 is 0 Å². The largest absolute Gasteiger partial charge is 0.395 e. The van der Waals surface area contributed by atoms with Crippen molar-refractivity contribution < 1.29 is 18.3 Å². The minimum Gasteiger partial charge on any atom is -0.395 e. The van der Waals surface area contributed by atoms with Crippen LogP contribution in [-0.4, -0.2) is 53.1 Å². The van der Waals surface area contributed by atoms with Crippen LogP contribution in [0.4, 0.5) is 0 Å². The van der Waals surface area contributed by atoms with Crippen molar-refractivity contribution in [2.45, 2.75) is 11.7 Å². The van der Waals surface area contributed by atoms with E-state index in [1.165, 1.54) is 9.30 Å². The number of carbonyl (C=O) groups is 1. The fourth-order valence-corrected chi connectivity index (χ4v) is 3.53.